The zero-order valence-electron chi connectivity index (χ0n) is 12.2. The topological polar surface area (TPSA) is 47.6 Å². The fourth-order valence-electron chi connectivity index (χ4n) is 1.89. The summed E-state index contributed by atoms with van der Waals surface area (Å²) in [4.78, 5) is 12.2. The number of alkyl halides is 2. The minimum Gasteiger partial charge on any atom is -0.490 e. The molecule has 0 unspecified atom stereocenters. The van der Waals surface area contributed by atoms with Gasteiger partial charge in [-0.2, -0.15) is 8.78 Å². The summed E-state index contributed by atoms with van der Waals surface area (Å²) >= 11 is 5.96. The van der Waals surface area contributed by atoms with Crippen LogP contribution in [0.25, 0.3) is 0 Å². The molecule has 122 valence electrons. The van der Waals surface area contributed by atoms with Crippen LogP contribution in [0.4, 0.5) is 14.5 Å². The number of hydrogen-bond donors (Lipinski definition) is 1. The third kappa shape index (κ3) is 4.56. The van der Waals surface area contributed by atoms with Crippen LogP contribution in [0.1, 0.15) is 17.3 Å². The van der Waals surface area contributed by atoms with Gasteiger partial charge in [-0.3, -0.25) is 4.79 Å². The number of hydrogen-bond acceptors (Lipinski definition) is 3. The number of carbonyl (C=O) groups is 1. The summed E-state index contributed by atoms with van der Waals surface area (Å²) in [6, 6.07) is 10.7. The van der Waals surface area contributed by atoms with E-state index in [9.17, 15) is 13.6 Å². The Kier molecular flexibility index (Phi) is 5.76. The van der Waals surface area contributed by atoms with Gasteiger partial charge in [-0.25, -0.2) is 0 Å². The summed E-state index contributed by atoms with van der Waals surface area (Å²) in [5.41, 5.74) is 0.681. The standard InChI is InChI=1S/C16H14ClF2NO3/c1-2-22-14-9-10(7-8-13(14)23-16(18)19)20-15(21)11-5-3-4-6-12(11)17/h3-9,16H,2H2,1H3,(H,20,21). The van der Waals surface area contributed by atoms with Gasteiger partial charge in [0.1, 0.15) is 0 Å². The lowest BCUT2D eigenvalue weighted by Crippen LogP contribution is -2.13. The van der Waals surface area contributed by atoms with Crippen LogP contribution in [0.3, 0.4) is 0 Å². The molecule has 0 radical (unpaired) electrons. The molecule has 0 aliphatic rings. The van der Waals surface area contributed by atoms with E-state index in [0.29, 0.717) is 16.3 Å². The van der Waals surface area contributed by atoms with Gasteiger partial charge in [0.25, 0.3) is 5.91 Å². The van der Waals surface area contributed by atoms with Crippen molar-refractivity contribution in [1.82, 2.24) is 0 Å². The van der Waals surface area contributed by atoms with Gasteiger partial charge in [0.15, 0.2) is 11.5 Å². The number of amides is 1. The summed E-state index contributed by atoms with van der Waals surface area (Å²) in [5, 5.41) is 2.94. The summed E-state index contributed by atoms with van der Waals surface area (Å²) in [6.07, 6.45) is 0. The SMILES string of the molecule is CCOc1cc(NC(=O)c2ccccc2Cl)ccc1OC(F)F. The van der Waals surface area contributed by atoms with Crippen molar-refractivity contribution in [2.75, 3.05) is 11.9 Å². The van der Waals surface area contributed by atoms with E-state index < -0.39 is 12.5 Å². The van der Waals surface area contributed by atoms with Crippen LogP contribution in [0.2, 0.25) is 5.02 Å². The number of rotatable bonds is 6. The lowest BCUT2D eigenvalue weighted by molar-refractivity contribution is -0.0514. The van der Waals surface area contributed by atoms with Crippen molar-refractivity contribution in [2.24, 2.45) is 0 Å². The first-order valence-corrected chi connectivity index (χ1v) is 7.16. The first-order chi connectivity index (χ1) is 11.0. The van der Waals surface area contributed by atoms with E-state index in [1.165, 1.54) is 18.2 Å². The predicted octanol–water partition coefficient (Wildman–Crippen LogP) is 4.59. The van der Waals surface area contributed by atoms with Crippen LogP contribution in [-0.2, 0) is 0 Å². The Bertz CT molecular complexity index is 695. The molecule has 0 saturated heterocycles. The van der Waals surface area contributed by atoms with Crippen LogP contribution in [0.5, 0.6) is 11.5 Å². The van der Waals surface area contributed by atoms with Crippen LogP contribution < -0.4 is 14.8 Å². The van der Waals surface area contributed by atoms with Gasteiger partial charge in [-0.05, 0) is 31.2 Å². The molecule has 0 aromatic heterocycles. The molecule has 2 aromatic carbocycles. The Morgan fingerprint density at radius 1 is 1.22 bits per heavy atom. The molecule has 4 nitrogen and oxygen atoms in total. The highest BCUT2D eigenvalue weighted by molar-refractivity contribution is 6.34. The Balaban J connectivity index is 2.21. The van der Waals surface area contributed by atoms with Crippen LogP contribution in [-0.4, -0.2) is 19.1 Å². The largest absolute Gasteiger partial charge is 0.490 e. The van der Waals surface area contributed by atoms with E-state index in [-0.39, 0.29) is 18.1 Å². The number of anilines is 1. The number of ether oxygens (including phenoxy) is 2. The molecular weight excluding hydrogens is 328 g/mol. The van der Waals surface area contributed by atoms with E-state index in [2.05, 4.69) is 10.1 Å². The molecule has 1 N–H and O–H groups in total. The molecule has 0 fully saturated rings. The van der Waals surface area contributed by atoms with Crippen molar-refractivity contribution < 1.29 is 23.0 Å². The molecule has 0 saturated carbocycles. The summed E-state index contributed by atoms with van der Waals surface area (Å²) in [6.45, 7) is -0.986. The second kappa shape index (κ2) is 7.78. The Morgan fingerprint density at radius 3 is 2.61 bits per heavy atom. The minimum absolute atomic E-state index is 0.0995. The fourth-order valence-corrected chi connectivity index (χ4v) is 2.11. The number of nitrogens with one attached hydrogen (secondary N) is 1. The zero-order chi connectivity index (χ0) is 16.8. The molecule has 0 atom stereocenters. The summed E-state index contributed by atoms with van der Waals surface area (Å²) in [7, 11) is 0. The second-order valence-corrected chi connectivity index (χ2v) is 4.81. The highest BCUT2D eigenvalue weighted by Gasteiger charge is 2.14. The zero-order valence-corrected chi connectivity index (χ0v) is 12.9. The van der Waals surface area contributed by atoms with Gasteiger partial charge in [0.2, 0.25) is 0 Å². The monoisotopic (exact) mass is 341 g/mol. The first kappa shape index (κ1) is 17.0. The smallest absolute Gasteiger partial charge is 0.387 e. The van der Waals surface area contributed by atoms with Gasteiger partial charge < -0.3 is 14.8 Å². The summed E-state index contributed by atoms with van der Waals surface area (Å²) in [5.74, 6) is -0.400. The maximum Gasteiger partial charge on any atom is 0.387 e. The summed E-state index contributed by atoms with van der Waals surface area (Å²) < 4.78 is 34.3. The average molecular weight is 342 g/mol. The number of halogens is 3. The lowest BCUT2D eigenvalue weighted by Gasteiger charge is -2.13. The van der Waals surface area contributed by atoms with E-state index >= 15 is 0 Å². The van der Waals surface area contributed by atoms with Gasteiger partial charge in [-0.15, -0.1) is 0 Å². The first-order valence-electron chi connectivity index (χ1n) is 6.78. The molecule has 1 amide bonds. The molecule has 7 heteroatoms. The molecule has 0 aliphatic carbocycles. The van der Waals surface area contributed by atoms with Crippen molar-refractivity contribution >= 4 is 23.2 Å². The van der Waals surface area contributed by atoms with Crippen LogP contribution in [0.15, 0.2) is 42.5 Å². The second-order valence-electron chi connectivity index (χ2n) is 4.41. The lowest BCUT2D eigenvalue weighted by atomic mass is 10.2. The molecule has 0 aliphatic heterocycles. The molecular formula is C16H14ClF2NO3. The maximum absolute atomic E-state index is 12.4. The third-order valence-electron chi connectivity index (χ3n) is 2.84. The quantitative estimate of drug-likeness (QED) is 0.835. The van der Waals surface area contributed by atoms with Crippen molar-refractivity contribution in [3.63, 3.8) is 0 Å². The van der Waals surface area contributed by atoms with Crippen molar-refractivity contribution in [3.05, 3.63) is 53.1 Å². The van der Waals surface area contributed by atoms with Gasteiger partial charge in [-0.1, -0.05) is 23.7 Å². The molecule has 23 heavy (non-hydrogen) atoms. The van der Waals surface area contributed by atoms with E-state index in [1.54, 1.807) is 31.2 Å². The fraction of sp³-hybridized carbons (Fsp3) is 0.188. The average Bonchev–Trinajstić information content (AvgIpc) is 2.50. The Labute approximate surface area is 137 Å². The van der Waals surface area contributed by atoms with Crippen molar-refractivity contribution in [3.8, 4) is 11.5 Å². The van der Waals surface area contributed by atoms with Crippen molar-refractivity contribution in [1.29, 1.82) is 0 Å². The molecule has 0 spiro atoms. The number of carbonyl (C=O) groups excluding carboxylic acids is 1. The maximum atomic E-state index is 12.4. The van der Waals surface area contributed by atoms with E-state index in [1.807, 2.05) is 0 Å². The third-order valence-corrected chi connectivity index (χ3v) is 3.17. The van der Waals surface area contributed by atoms with Gasteiger partial charge >= 0.3 is 6.61 Å². The van der Waals surface area contributed by atoms with Crippen LogP contribution in [0, 0.1) is 0 Å². The van der Waals surface area contributed by atoms with Crippen molar-refractivity contribution in [2.45, 2.75) is 13.5 Å². The molecule has 2 aromatic rings. The normalized spacial score (nSPS) is 10.5. The van der Waals surface area contributed by atoms with Gasteiger partial charge in [0, 0.05) is 11.8 Å². The minimum atomic E-state index is -2.96. The van der Waals surface area contributed by atoms with E-state index in [4.69, 9.17) is 16.3 Å². The van der Waals surface area contributed by atoms with E-state index in [0.717, 1.165) is 0 Å². The number of benzene rings is 2. The molecule has 0 heterocycles. The highest BCUT2D eigenvalue weighted by atomic mass is 35.5. The predicted molar refractivity (Wildman–Crippen MR) is 83.6 cm³/mol. The van der Waals surface area contributed by atoms with Crippen LogP contribution >= 0.6 is 11.6 Å². The Morgan fingerprint density at radius 2 is 1.96 bits per heavy atom. The molecule has 0 bridgehead atoms. The molecule has 2 rings (SSSR count). The highest BCUT2D eigenvalue weighted by Crippen LogP contribution is 2.32. The van der Waals surface area contributed by atoms with Gasteiger partial charge in [0.05, 0.1) is 17.2 Å². The Hall–Kier alpha value is -2.34.